The quantitative estimate of drug-likeness (QED) is 0.938. The lowest BCUT2D eigenvalue weighted by Crippen LogP contribution is -2.00. The van der Waals surface area contributed by atoms with E-state index in [1.807, 2.05) is 30.5 Å². The molecule has 0 unspecified atom stereocenters. The van der Waals surface area contributed by atoms with E-state index >= 15 is 0 Å². The van der Waals surface area contributed by atoms with Gasteiger partial charge < -0.3 is 5.32 Å². The van der Waals surface area contributed by atoms with Crippen LogP contribution in [0.25, 0.3) is 10.6 Å². The van der Waals surface area contributed by atoms with Crippen molar-refractivity contribution in [2.45, 2.75) is 6.92 Å². The van der Waals surface area contributed by atoms with E-state index in [9.17, 15) is 0 Å². The van der Waals surface area contributed by atoms with Crippen molar-refractivity contribution in [3.05, 3.63) is 28.1 Å². The zero-order valence-electron chi connectivity index (χ0n) is 8.20. The van der Waals surface area contributed by atoms with Crippen LogP contribution in [-0.2, 0) is 0 Å². The van der Waals surface area contributed by atoms with Crippen molar-refractivity contribution in [1.29, 1.82) is 0 Å². The summed E-state index contributed by atoms with van der Waals surface area (Å²) in [5.41, 5.74) is 0.901. The molecule has 1 N–H and O–H groups in total. The number of aromatic nitrogens is 2. The summed E-state index contributed by atoms with van der Waals surface area (Å²) in [5.74, 6) is 0.814. The predicted molar refractivity (Wildman–Crippen MR) is 67.2 cm³/mol. The van der Waals surface area contributed by atoms with Gasteiger partial charge in [-0.1, -0.05) is 0 Å². The van der Waals surface area contributed by atoms with Gasteiger partial charge in [-0.25, -0.2) is 0 Å². The van der Waals surface area contributed by atoms with Crippen LogP contribution in [0.5, 0.6) is 0 Å². The maximum absolute atomic E-state index is 4.17. The Morgan fingerprint density at radius 2 is 2.20 bits per heavy atom. The first kappa shape index (κ1) is 10.6. The summed E-state index contributed by atoms with van der Waals surface area (Å²) in [4.78, 5) is 1.12. The molecule has 2 aromatic heterocycles. The first-order chi connectivity index (χ1) is 7.31. The molecule has 0 aromatic carbocycles. The van der Waals surface area contributed by atoms with Gasteiger partial charge in [-0.2, -0.15) is 0 Å². The Morgan fingerprint density at radius 1 is 1.33 bits per heavy atom. The fraction of sp³-hybridized carbons (Fsp3) is 0.200. The number of anilines is 1. The van der Waals surface area contributed by atoms with E-state index in [2.05, 4.69) is 31.4 Å². The van der Waals surface area contributed by atoms with Crippen LogP contribution in [0.3, 0.4) is 0 Å². The second-order valence-electron chi connectivity index (χ2n) is 2.93. The van der Waals surface area contributed by atoms with Crippen LogP contribution in [0.1, 0.15) is 6.92 Å². The number of rotatable bonds is 3. The molecule has 0 aliphatic heterocycles. The third kappa shape index (κ3) is 2.35. The Labute approximate surface area is 101 Å². The van der Waals surface area contributed by atoms with Crippen molar-refractivity contribution in [1.82, 2.24) is 10.2 Å². The summed E-state index contributed by atoms with van der Waals surface area (Å²) in [5, 5.41) is 13.4. The smallest absolute Gasteiger partial charge is 0.148 e. The molecular formula is C10H10BrN3S. The fourth-order valence-electron chi connectivity index (χ4n) is 1.21. The Balaban J connectivity index is 2.28. The number of thiophene rings is 1. The Bertz CT molecular complexity index is 438. The van der Waals surface area contributed by atoms with Crippen LogP contribution in [0, 0.1) is 0 Å². The highest BCUT2D eigenvalue weighted by Crippen LogP contribution is 2.31. The lowest BCUT2D eigenvalue weighted by molar-refractivity contribution is 1.02. The molecule has 0 fully saturated rings. The van der Waals surface area contributed by atoms with Gasteiger partial charge in [0, 0.05) is 11.0 Å². The Kier molecular flexibility index (Phi) is 3.33. The first-order valence-corrected chi connectivity index (χ1v) is 6.29. The van der Waals surface area contributed by atoms with Gasteiger partial charge in [0.15, 0.2) is 0 Å². The molecule has 0 atom stereocenters. The second kappa shape index (κ2) is 4.72. The molecule has 78 valence electrons. The fourth-order valence-corrected chi connectivity index (χ4v) is 2.75. The zero-order valence-corrected chi connectivity index (χ0v) is 10.6. The maximum atomic E-state index is 4.17. The average molecular weight is 284 g/mol. The van der Waals surface area contributed by atoms with Gasteiger partial charge in [0.1, 0.15) is 11.5 Å². The van der Waals surface area contributed by atoms with E-state index in [1.54, 1.807) is 11.3 Å². The van der Waals surface area contributed by atoms with Crippen molar-refractivity contribution in [3.8, 4) is 10.6 Å². The molecular weight excluding hydrogens is 274 g/mol. The summed E-state index contributed by atoms with van der Waals surface area (Å²) in [6.45, 7) is 2.89. The molecule has 0 spiro atoms. The second-order valence-corrected chi connectivity index (χ2v) is 4.70. The predicted octanol–water partition coefficient (Wildman–Crippen LogP) is 3.40. The average Bonchev–Trinajstić information content (AvgIpc) is 2.66. The van der Waals surface area contributed by atoms with E-state index < -0.39 is 0 Å². The van der Waals surface area contributed by atoms with Crippen molar-refractivity contribution in [3.63, 3.8) is 0 Å². The van der Waals surface area contributed by atoms with Gasteiger partial charge in [-0.3, -0.25) is 0 Å². The van der Waals surface area contributed by atoms with E-state index in [0.29, 0.717) is 0 Å². The van der Waals surface area contributed by atoms with E-state index in [0.717, 1.165) is 27.4 Å². The molecule has 0 saturated heterocycles. The van der Waals surface area contributed by atoms with Gasteiger partial charge in [0.25, 0.3) is 0 Å². The topological polar surface area (TPSA) is 37.8 Å². The van der Waals surface area contributed by atoms with Gasteiger partial charge in [0.2, 0.25) is 0 Å². The number of hydrogen-bond donors (Lipinski definition) is 1. The molecule has 5 heteroatoms. The van der Waals surface area contributed by atoms with Crippen LogP contribution in [-0.4, -0.2) is 16.7 Å². The summed E-state index contributed by atoms with van der Waals surface area (Å²) >= 11 is 5.13. The largest absolute Gasteiger partial charge is 0.369 e. The lowest BCUT2D eigenvalue weighted by atomic mass is 10.3. The summed E-state index contributed by atoms with van der Waals surface area (Å²) in [7, 11) is 0. The minimum atomic E-state index is 0.814. The van der Waals surface area contributed by atoms with Gasteiger partial charge >= 0.3 is 0 Å². The summed E-state index contributed by atoms with van der Waals surface area (Å²) in [6, 6.07) is 5.93. The van der Waals surface area contributed by atoms with Crippen molar-refractivity contribution >= 4 is 33.1 Å². The molecule has 0 aliphatic carbocycles. The highest BCUT2D eigenvalue weighted by molar-refractivity contribution is 9.10. The minimum absolute atomic E-state index is 0.814. The van der Waals surface area contributed by atoms with Crippen LogP contribution >= 0.6 is 27.3 Å². The summed E-state index contributed by atoms with van der Waals surface area (Å²) in [6.07, 6.45) is 0. The van der Waals surface area contributed by atoms with Gasteiger partial charge in [-0.15, -0.1) is 21.5 Å². The van der Waals surface area contributed by atoms with Crippen LogP contribution < -0.4 is 5.32 Å². The molecule has 0 bridgehead atoms. The molecule has 3 nitrogen and oxygen atoms in total. The van der Waals surface area contributed by atoms with Crippen molar-refractivity contribution < 1.29 is 0 Å². The molecule has 2 rings (SSSR count). The van der Waals surface area contributed by atoms with Crippen LogP contribution in [0.2, 0.25) is 0 Å². The van der Waals surface area contributed by atoms with Crippen LogP contribution in [0.15, 0.2) is 28.1 Å². The van der Waals surface area contributed by atoms with Gasteiger partial charge in [-0.05, 0) is 46.4 Å². The molecule has 2 heterocycles. The third-order valence-corrected chi connectivity index (χ3v) is 3.73. The number of nitrogens with zero attached hydrogens (tertiary/aromatic N) is 2. The highest BCUT2D eigenvalue weighted by atomic mass is 79.9. The Morgan fingerprint density at radius 3 is 2.73 bits per heavy atom. The maximum Gasteiger partial charge on any atom is 0.148 e. The minimum Gasteiger partial charge on any atom is -0.369 e. The number of halogens is 1. The summed E-state index contributed by atoms with van der Waals surface area (Å²) < 4.78 is 1.07. The lowest BCUT2D eigenvalue weighted by Gasteiger charge is -2.01. The van der Waals surface area contributed by atoms with Crippen LogP contribution in [0.4, 0.5) is 5.82 Å². The molecule has 0 amide bonds. The number of hydrogen-bond acceptors (Lipinski definition) is 4. The zero-order chi connectivity index (χ0) is 10.7. The third-order valence-electron chi connectivity index (χ3n) is 1.87. The molecule has 2 aromatic rings. The standard InChI is InChI=1S/C10H10BrN3S/c1-2-12-9-4-3-8(13-14-9)10-7(11)5-6-15-10/h3-6H,2H2,1H3,(H,12,14). The van der Waals surface area contributed by atoms with E-state index in [4.69, 9.17) is 0 Å². The number of nitrogens with one attached hydrogen (secondary N) is 1. The SMILES string of the molecule is CCNc1ccc(-c2sccc2Br)nn1. The van der Waals surface area contributed by atoms with Gasteiger partial charge in [0.05, 0.1) is 4.88 Å². The first-order valence-electron chi connectivity index (χ1n) is 4.62. The van der Waals surface area contributed by atoms with E-state index in [-0.39, 0.29) is 0 Å². The monoisotopic (exact) mass is 283 g/mol. The molecule has 0 radical (unpaired) electrons. The highest BCUT2D eigenvalue weighted by Gasteiger charge is 2.06. The molecule has 0 aliphatic rings. The van der Waals surface area contributed by atoms with Crippen molar-refractivity contribution in [2.75, 3.05) is 11.9 Å². The molecule has 15 heavy (non-hydrogen) atoms. The van der Waals surface area contributed by atoms with E-state index in [1.165, 1.54) is 0 Å². The normalized spacial score (nSPS) is 10.3. The van der Waals surface area contributed by atoms with Crippen molar-refractivity contribution in [2.24, 2.45) is 0 Å². The molecule has 0 saturated carbocycles. The Hall–Kier alpha value is -0.940.